The van der Waals surface area contributed by atoms with Gasteiger partial charge in [-0.3, -0.25) is 0 Å². The molecule has 0 aliphatic carbocycles. The lowest BCUT2D eigenvalue weighted by Crippen LogP contribution is -1.78. The summed E-state index contributed by atoms with van der Waals surface area (Å²) >= 11 is 1.88. The maximum atomic E-state index is 4.08. The fourth-order valence-corrected chi connectivity index (χ4v) is 5.14. The van der Waals surface area contributed by atoms with Crippen LogP contribution in [0.3, 0.4) is 0 Å². The highest BCUT2D eigenvalue weighted by atomic mass is 32.1. The van der Waals surface area contributed by atoms with Crippen LogP contribution in [0.5, 0.6) is 0 Å². The number of thiophene rings is 1. The lowest BCUT2D eigenvalue weighted by Gasteiger charge is -2.04. The smallest absolute Gasteiger partial charge is 0.0565 e. The van der Waals surface area contributed by atoms with Crippen molar-refractivity contribution in [2.45, 2.75) is 6.92 Å². The van der Waals surface area contributed by atoms with E-state index in [4.69, 9.17) is 0 Å². The van der Waals surface area contributed by atoms with Gasteiger partial charge in [0.2, 0.25) is 0 Å². The van der Waals surface area contributed by atoms with E-state index in [9.17, 15) is 0 Å². The van der Waals surface area contributed by atoms with Gasteiger partial charge in [0.1, 0.15) is 0 Å². The van der Waals surface area contributed by atoms with E-state index in [0.29, 0.717) is 0 Å². The van der Waals surface area contributed by atoms with E-state index < -0.39 is 0 Å². The molecule has 0 fully saturated rings. The lowest BCUT2D eigenvalue weighted by atomic mass is 9.99. The van der Waals surface area contributed by atoms with Crippen LogP contribution in [0.25, 0.3) is 54.0 Å². The van der Waals surface area contributed by atoms with Gasteiger partial charge < -0.3 is 4.98 Å². The quantitative estimate of drug-likeness (QED) is 0.346. The van der Waals surface area contributed by atoms with Crippen LogP contribution in [-0.2, 0) is 0 Å². The van der Waals surface area contributed by atoms with Crippen molar-refractivity contribution in [1.29, 1.82) is 0 Å². The summed E-state index contributed by atoms with van der Waals surface area (Å²) in [5.41, 5.74) is 3.52. The highest BCUT2D eigenvalue weighted by Gasteiger charge is 2.18. The second-order valence-electron chi connectivity index (χ2n) is 6.25. The molecule has 3 aromatic carbocycles. The van der Waals surface area contributed by atoms with Gasteiger partial charge in [0.05, 0.1) is 5.52 Å². The Morgan fingerprint density at radius 3 is 2.40 bits per heavy atom. The molecule has 0 atom stereocenters. The summed E-state index contributed by atoms with van der Waals surface area (Å²) in [5.74, 6) is 0. The Hall–Kier alpha value is -2.84. The average molecular weight is 339 g/mol. The monoisotopic (exact) mass is 339 g/mol. The zero-order valence-electron chi connectivity index (χ0n) is 14.0. The first-order chi connectivity index (χ1) is 12.3. The molecule has 5 rings (SSSR count). The maximum Gasteiger partial charge on any atom is 0.0565 e. The van der Waals surface area contributed by atoms with Crippen LogP contribution in [0, 0.1) is 0 Å². The molecule has 0 unspecified atom stereocenters. The molecule has 25 heavy (non-hydrogen) atoms. The van der Waals surface area contributed by atoms with E-state index in [2.05, 4.69) is 72.2 Å². The zero-order chi connectivity index (χ0) is 17.0. The number of aromatic amines is 1. The van der Waals surface area contributed by atoms with Crippen LogP contribution in [-0.4, -0.2) is 4.98 Å². The highest BCUT2D eigenvalue weighted by Crippen LogP contribution is 2.45. The van der Waals surface area contributed by atoms with Gasteiger partial charge in [-0.2, -0.15) is 0 Å². The van der Waals surface area contributed by atoms with Gasteiger partial charge in [0.15, 0.2) is 0 Å². The van der Waals surface area contributed by atoms with Gasteiger partial charge in [-0.05, 0) is 24.5 Å². The molecule has 2 heteroatoms. The van der Waals surface area contributed by atoms with Gasteiger partial charge in [-0.15, -0.1) is 11.3 Å². The molecule has 0 bridgehead atoms. The number of rotatable bonds is 2. The molecular formula is C23H17NS. The van der Waals surface area contributed by atoms with Crippen LogP contribution in [0.15, 0.2) is 61.2 Å². The Morgan fingerprint density at radius 1 is 0.920 bits per heavy atom. The highest BCUT2D eigenvalue weighted by molar-refractivity contribution is 7.27. The fourth-order valence-electron chi connectivity index (χ4n) is 3.89. The van der Waals surface area contributed by atoms with Gasteiger partial charge in [0.25, 0.3) is 0 Å². The van der Waals surface area contributed by atoms with Gasteiger partial charge in [-0.25, -0.2) is 0 Å². The SMILES string of the molecule is C=Cc1c(/C=C\C)[nH]c2c1c1ccccc1c1sc3ccccc3c21. The third kappa shape index (κ3) is 1.89. The number of fused-ring (bicyclic) bond motifs is 8. The van der Waals surface area contributed by atoms with Gasteiger partial charge in [-0.1, -0.05) is 61.2 Å². The Kier molecular flexibility index (Phi) is 3.09. The minimum absolute atomic E-state index is 1.13. The molecule has 0 saturated heterocycles. The normalized spacial score (nSPS) is 12.2. The van der Waals surface area contributed by atoms with Crippen LogP contribution < -0.4 is 0 Å². The number of benzene rings is 3. The summed E-state index contributed by atoms with van der Waals surface area (Å²) in [6, 6.07) is 17.4. The third-order valence-electron chi connectivity index (χ3n) is 4.89. The summed E-state index contributed by atoms with van der Waals surface area (Å²) in [5, 5.41) is 6.53. The molecule has 1 N–H and O–H groups in total. The molecule has 0 aliphatic rings. The van der Waals surface area contributed by atoms with Gasteiger partial charge >= 0.3 is 0 Å². The number of nitrogens with one attached hydrogen (secondary N) is 1. The average Bonchev–Trinajstić information content (AvgIpc) is 3.20. The van der Waals surface area contributed by atoms with Crippen molar-refractivity contribution < 1.29 is 0 Å². The molecule has 0 spiro atoms. The van der Waals surface area contributed by atoms with Crippen molar-refractivity contribution in [1.82, 2.24) is 4.98 Å². The van der Waals surface area contributed by atoms with Crippen molar-refractivity contribution in [2.75, 3.05) is 0 Å². The topological polar surface area (TPSA) is 15.8 Å². The molecule has 0 aliphatic heterocycles. The predicted octanol–water partition coefficient (Wildman–Crippen LogP) is 7.37. The molecular weight excluding hydrogens is 322 g/mol. The molecule has 120 valence electrons. The lowest BCUT2D eigenvalue weighted by molar-refractivity contribution is 1.43. The second-order valence-corrected chi connectivity index (χ2v) is 7.31. The second kappa shape index (κ2) is 5.33. The maximum absolute atomic E-state index is 4.08. The summed E-state index contributed by atoms with van der Waals surface area (Å²) < 4.78 is 2.69. The molecule has 0 saturated carbocycles. The minimum Gasteiger partial charge on any atom is -0.354 e. The fraction of sp³-hybridized carbons (Fsp3) is 0.0435. The molecule has 2 heterocycles. The first-order valence-electron chi connectivity index (χ1n) is 8.46. The van der Waals surface area contributed by atoms with E-state index in [1.807, 2.05) is 24.3 Å². The predicted molar refractivity (Wildman–Crippen MR) is 113 cm³/mol. The largest absolute Gasteiger partial charge is 0.354 e. The number of hydrogen-bond donors (Lipinski definition) is 1. The van der Waals surface area contributed by atoms with Crippen molar-refractivity contribution in [3.05, 3.63) is 72.4 Å². The Balaban J connectivity index is 2.18. The molecule has 0 amide bonds. The Morgan fingerprint density at radius 2 is 1.64 bits per heavy atom. The molecule has 2 aromatic heterocycles. The van der Waals surface area contributed by atoms with E-state index in [1.165, 1.54) is 47.4 Å². The number of aromatic nitrogens is 1. The van der Waals surface area contributed by atoms with Crippen LogP contribution in [0.4, 0.5) is 0 Å². The molecule has 1 nitrogen and oxygen atoms in total. The number of allylic oxidation sites excluding steroid dienone is 1. The summed E-state index contributed by atoms with van der Waals surface area (Å²) in [4.78, 5) is 3.68. The first-order valence-corrected chi connectivity index (χ1v) is 9.28. The van der Waals surface area contributed by atoms with Crippen LogP contribution in [0.1, 0.15) is 18.2 Å². The molecule has 0 radical (unpaired) electrons. The van der Waals surface area contributed by atoms with Gasteiger partial charge in [0, 0.05) is 42.2 Å². The number of H-pyrrole nitrogens is 1. The summed E-state index contributed by atoms with van der Waals surface area (Å²) in [6.45, 7) is 6.13. The number of hydrogen-bond acceptors (Lipinski definition) is 1. The van der Waals surface area contributed by atoms with Crippen molar-refractivity contribution in [3.63, 3.8) is 0 Å². The van der Waals surface area contributed by atoms with Crippen molar-refractivity contribution in [3.8, 4) is 0 Å². The Labute approximate surface area is 149 Å². The van der Waals surface area contributed by atoms with E-state index in [-0.39, 0.29) is 0 Å². The van der Waals surface area contributed by atoms with E-state index >= 15 is 0 Å². The minimum atomic E-state index is 1.13. The first kappa shape index (κ1) is 14.5. The van der Waals surface area contributed by atoms with Crippen molar-refractivity contribution >= 4 is 65.3 Å². The van der Waals surface area contributed by atoms with Crippen molar-refractivity contribution in [2.24, 2.45) is 0 Å². The van der Waals surface area contributed by atoms with E-state index in [0.717, 1.165) is 5.69 Å². The van der Waals surface area contributed by atoms with E-state index in [1.54, 1.807) is 0 Å². The Bertz CT molecular complexity index is 1310. The van der Waals surface area contributed by atoms with Crippen LogP contribution >= 0.6 is 11.3 Å². The summed E-state index contributed by atoms with van der Waals surface area (Å²) in [6.07, 6.45) is 6.18. The standard InChI is InChI=1S/C23H17NS/c1-3-9-18-14(4-2)20-15-10-5-6-11-16(15)23-21(22(20)24-18)17-12-7-8-13-19(17)25-23/h3-13,24H,2H2,1H3/b9-3-. The zero-order valence-corrected chi connectivity index (χ0v) is 14.8. The third-order valence-corrected chi connectivity index (χ3v) is 6.10. The van der Waals surface area contributed by atoms with Crippen LogP contribution in [0.2, 0.25) is 0 Å². The summed E-state index contributed by atoms with van der Waals surface area (Å²) in [7, 11) is 0. The molecule has 5 aromatic rings.